The highest BCUT2D eigenvalue weighted by atomic mass is 19.3. The molecule has 0 saturated heterocycles. The second-order valence-corrected chi connectivity index (χ2v) is 7.61. The summed E-state index contributed by atoms with van der Waals surface area (Å²) < 4.78 is 29.7. The van der Waals surface area contributed by atoms with Gasteiger partial charge in [-0.15, -0.1) is 0 Å². The van der Waals surface area contributed by atoms with E-state index in [-0.39, 0.29) is 11.2 Å². The molecular weight excluding hydrogens is 318 g/mol. The summed E-state index contributed by atoms with van der Waals surface area (Å²) in [5.74, 6) is 0.706. The smallest absolute Gasteiger partial charge is 0.387 e. The number of aryl methyl sites for hydroxylation is 1. The van der Waals surface area contributed by atoms with E-state index < -0.39 is 6.61 Å². The quantitative estimate of drug-likeness (QED) is 0.579. The Morgan fingerprint density at radius 3 is 2.60 bits per heavy atom. The van der Waals surface area contributed by atoms with Gasteiger partial charge in [-0.1, -0.05) is 57.5 Å². The fraction of sp³-hybridized carbons (Fsp3) is 0.455. The summed E-state index contributed by atoms with van der Waals surface area (Å²) in [5.41, 5.74) is 5.01. The third-order valence-electron chi connectivity index (χ3n) is 5.53. The van der Waals surface area contributed by atoms with Crippen LogP contribution in [0.2, 0.25) is 0 Å². The van der Waals surface area contributed by atoms with Gasteiger partial charge in [0.1, 0.15) is 5.75 Å². The molecule has 3 heteroatoms. The highest BCUT2D eigenvalue weighted by Gasteiger charge is 2.36. The molecular formula is C22H26F2O. The van der Waals surface area contributed by atoms with Crippen LogP contribution in [-0.2, 0) is 6.42 Å². The van der Waals surface area contributed by atoms with Crippen molar-refractivity contribution in [2.24, 2.45) is 5.41 Å². The molecule has 1 nitrogen and oxygen atoms in total. The van der Waals surface area contributed by atoms with Crippen LogP contribution in [0.15, 0.2) is 42.5 Å². The third-order valence-corrected chi connectivity index (χ3v) is 5.53. The molecule has 2 aromatic rings. The Labute approximate surface area is 149 Å². The van der Waals surface area contributed by atoms with Gasteiger partial charge in [0.2, 0.25) is 0 Å². The Hall–Kier alpha value is -1.90. The molecule has 134 valence electrons. The molecule has 0 amide bonds. The average Bonchev–Trinajstić information content (AvgIpc) is 2.93. The van der Waals surface area contributed by atoms with Crippen molar-refractivity contribution < 1.29 is 13.5 Å². The topological polar surface area (TPSA) is 9.23 Å². The number of rotatable bonds is 5. The van der Waals surface area contributed by atoms with Crippen LogP contribution in [-0.4, -0.2) is 6.61 Å². The van der Waals surface area contributed by atoms with E-state index in [1.807, 2.05) is 6.07 Å². The van der Waals surface area contributed by atoms with E-state index in [1.54, 1.807) is 18.2 Å². The predicted molar refractivity (Wildman–Crippen MR) is 98.3 cm³/mol. The number of alkyl halides is 2. The molecule has 2 aromatic carbocycles. The van der Waals surface area contributed by atoms with E-state index in [1.165, 1.54) is 30.4 Å². The van der Waals surface area contributed by atoms with Crippen molar-refractivity contribution in [2.45, 2.75) is 59.0 Å². The molecule has 1 aliphatic rings. The fourth-order valence-corrected chi connectivity index (χ4v) is 4.13. The van der Waals surface area contributed by atoms with Crippen molar-refractivity contribution in [3.05, 3.63) is 53.6 Å². The van der Waals surface area contributed by atoms with Gasteiger partial charge in [0.05, 0.1) is 0 Å². The number of halogens is 2. The maximum absolute atomic E-state index is 12.6. The van der Waals surface area contributed by atoms with Gasteiger partial charge >= 0.3 is 6.61 Å². The zero-order valence-electron chi connectivity index (χ0n) is 15.2. The van der Waals surface area contributed by atoms with E-state index in [4.69, 9.17) is 0 Å². The predicted octanol–water partition coefficient (Wildman–Crippen LogP) is 6.81. The third kappa shape index (κ3) is 3.86. The monoisotopic (exact) mass is 344 g/mol. The van der Waals surface area contributed by atoms with Crippen LogP contribution in [0.3, 0.4) is 0 Å². The van der Waals surface area contributed by atoms with Gasteiger partial charge in [0.25, 0.3) is 0 Å². The van der Waals surface area contributed by atoms with Crippen LogP contribution in [0.1, 0.15) is 57.1 Å². The Morgan fingerprint density at radius 2 is 1.96 bits per heavy atom. The van der Waals surface area contributed by atoms with Gasteiger partial charge in [0.15, 0.2) is 0 Å². The van der Waals surface area contributed by atoms with Gasteiger partial charge in [-0.2, -0.15) is 8.78 Å². The SMILES string of the molecule is CCc1ccc(-c2cccc(OC(F)F)c2)c(C2CCCC2(C)C)c1. The first kappa shape index (κ1) is 17.9. The van der Waals surface area contributed by atoms with Crippen molar-refractivity contribution in [3.8, 4) is 16.9 Å². The molecule has 0 bridgehead atoms. The molecule has 0 N–H and O–H groups in total. The minimum absolute atomic E-state index is 0.212. The van der Waals surface area contributed by atoms with Crippen LogP contribution in [0.4, 0.5) is 8.78 Å². The lowest BCUT2D eigenvalue weighted by atomic mass is 9.75. The van der Waals surface area contributed by atoms with E-state index in [0.29, 0.717) is 5.92 Å². The molecule has 0 aromatic heterocycles. The van der Waals surface area contributed by atoms with Crippen LogP contribution in [0.25, 0.3) is 11.1 Å². The average molecular weight is 344 g/mol. The molecule has 1 saturated carbocycles. The highest BCUT2D eigenvalue weighted by Crippen LogP contribution is 2.51. The lowest BCUT2D eigenvalue weighted by Gasteiger charge is -2.30. The molecule has 1 fully saturated rings. The maximum Gasteiger partial charge on any atom is 0.387 e. The second kappa shape index (κ2) is 7.15. The molecule has 1 aliphatic carbocycles. The molecule has 0 heterocycles. The Bertz CT molecular complexity index is 737. The van der Waals surface area contributed by atoms with E-state index in [2.05, 4.69) is 43.7 Å². The van der Waals surface area contributed by atoms with Crippen LogP contribution in [0.5, 0.6) is 5.75 Å². The minimum atomic E-state index is -2.80. The largest absolute Gasteiger partial charge is 0.435 e. The van der Waals surface area contributed by atoms with Crippen LogP contribution in [0, 0.1) is 5.41 Å². The second-order valence-electron chi connectivity index (χ2n) is 7.61. The first-order valence-corrected chi connectivity index (χ1v) is 9.09. The number of hydrogen-bond donors (Lipinski definition) is 0. The summed E-state index contributed by atoms with van der Waals surface area (Å²) in [7, 11) is 0. The summed E-state index contributed by atoms with van der Waals surface area (Å²) in [5, 5.41) is 0. The standard InChI is InChI=1S/C22H26F2O/c1-4-15-10-11-18(16-7-5-8-17(14-16)25-21(23)24)19(13-15)20-9-6-12-22(20,2)3/h5,7-8,10-11,13-14,20-21H,4,6,9,12H2,1-3H3. The molecule has 1 unspecified atom stereocenters. The van der Waals surface area contributed by atoms with E-state index in [0.717, 1.165) is 17.5 Å². The van der Waals surface area contributed by atoms with Gasteiger partial charge in [-0.05, 0) is 65.0 Å². The summed E-state index contributed by atoms with van der Waals surface area (Å²) in [6.07, 6.45) is 4.64. The first-order chi connectivity index (χ1) is 11.9. The van der Waals surface area contributed by atoms with Crippen LogP contribution >= 0.6 is 0 Å². The van der Waals surface area contributed by atoms with E-state index >= 15 is 0 Å². The van der Waals surface area contributed by atoms with Crippen molar-refractivity contribution in [3.63, 3.8) is 0 Å². The molecule has 25 heavy (non-hydrogen) atoms. The molecule has 3 rings (SSSR count). The van der Waals surface area contributed by atoms with Crippen LogP contribution < -0.4 is 4.74 Å². The Morgan fingerprint density at radius 1 is 1.16 bits per heavy atom. The van der Waals surface area contributed by atoms with E-state index in [9.17, 15) is 8.78 Å². The van der Waals surface area contributed by atoms with Gasteiger partial charge in [-0.25, -0.2) is 0 Å². The first-order valence-electron chi connectivity index (χ1n) is 9.09. The highest BCUT2D eigenvalue weighted by molar-refractivity contribution is 5.70. The molecule has 0 aliphatic heterocycles. The lowest BCUT2D eigenvalue weighted by Crippen LogP contribution is -2.16. The number of benzene rings is 2. The van der Waals surface area contributed by atoms with Crippen molar-refractivity contribution >= 4 is 0 Å². The number of ether oxygens (including phenoxy) is 1. The zero-order valence-corrected chi connectivity index (χ0v) is 15.2. The Balaban J connectivity index is 2.07. The molecule has 0 spiro atoms. The molecule has 0 radical (unpaired) electrons. The summed E-state index contributed by atoms with van der Waals surface area (Å²) >= 11 is 0. The minimum Gasteiger partial charge on any atom is -0.435 e. The zero-order chi connectivity index (χ0) is 18.0. The Kier molecular flexibility index (Phi) is 5.12. The molecule has 1 atom stereocenters. The normalized spacial score (nSPS) is 19.4. The van der Waals surface area contributed by atoms with Gasteiger partial charge in [-0.3, -0.25) is 0 Å². The summed E-state index contributed by atoms with van der Waals surface area (Å²) in [4.78, 5) is 0. The van der Waals surface area contributed by atoms with Crippen molar-refractivity contribution in [1.82, 2.24) is 0 Å². The van der Waals surface area contributed by atoms with Crippen molar-refractivity contribution in [1.29, 1.82) is 0 Å². The fourth-order valence-electron chi connectivity index (χ4n) is 4.13. The maximum atomic E-state index is 12.6. The van der Waals surface area contributed by atoms with Gasteiger partial charge < -0.3 is 4.74 Å². The van der Waals surface area contributed by atoms with Crippen molar-refractivity contribution in [2.75, 3.05) is 0 Å². The summed E-state index contributed by atoms with van der Waals surface area (Å²) in [6, 6.07) is 13.7. The summed E-state index contributed by atoms with van der Waals surface area (Å²) in [6.45, 7) is 4.04. The van der Waals surface area contributed by atoms with Gasteiger partial charge in [0, 0.05) is 0 Å². The lowest BCUT2D eigenvalue weighted by molar-refractivity contribution is -0.0498. The number of hydrogen-bond acceptors (Lipinski definition) is 1.